The molecule has 5 fully saturated rings. The van der Waals surface area contributed by atoms with E-state index < -0.39 is 11.5 Å². The number of carbonyl (C=O) groups excluding carboxylic acids is 4. The van der Waals surface area contributed by atoms with Crippen LogP contribution in [-0.2, 0) is 14.4 Å². The van der Waals surface area contributed by atoms with Gasteiger partial charge in [0.25, 0.3) is 0 Å². The molecule has 2 aliphatic heterocycles. The van der Waals surface area contributed by atoms with Gasteiger partial charge < -0.3 is 15.5 Å². The normalized spacial score (nSPS) is 30.3. The van der Waals surface area contributed by atoms with Crippen molar-refractivity contribution in [2.24, 2.45) is 17.3 Å². The number of nitrogens with one attached hydrogen (secondary N) is 2. The highest BCUT2D eigenvalue weighted by Crippen LogP contribution is 2.56. The Hall–Kier alpha value is -2.12. The van der Waals surface area contributed by atoms with Gasteiger partial charge in [-0.1, -0.05) is 20.3 Å². The van der Waals surface area contributed by atoms with Crippen LogP contribution in [0, 0.1) is 17.3 Å². The van der Waals surface area contributed by atoms with Crippen molar-refractivity contribution in [2.75, 3.05) is 6.54 Å². The number of amides is 5. The third-order valence-electron chi connectivity index (χ3n) is 7.73. The zero-order valence-corrected chi connectivity index (χ0v) is 17.9. The molecule has 0 aromatic carbocycles. The largest absolute Gasteiger partial charge is 0.335 e. The Morgan fingerprint density at radius 3 is 2.30 bits per heavy atom. The van der Waals surface area contributed by atoms with Crippen LogP contribution in [0.1, 0.15) is 65.2 Å². The summed E-state index contributed by atoms with van der Waals surface area (Å²) in [4.78, 5) is 55.5. The van der Waals surface area contributed by atoms with Crippen molar-refractivity contribution in [1.29, 1.82) is 0 Å². The lowest BCUT2D eigenvalue weighted by Crippen LogP contribution is -2.59. The van der Waals surface area contributed by atoms with Crippen molar-refractivity contribution in [2.45, 2.75) is 89.4 Å². The van der Waals surface area contributed by atoms with Crippen molar-refractivity contribution in [3.8, 4) is 0 Å². The average Bonchev–Trinajstić information content (AvgIpc) is 3.57. The number of hydrogen-bond donors (Lipinski definition) is 2. The Morgan fingerprint density at radius 2 is 1.77 bits per heavy atom. The molecule has 164 valence electrons. The smallest absolute Gasteiger partial charge is 0.315 e. The molecule has 1 spiro atoms. The number of likely N-dealkylation sites (tertiary alicyclic amines) is 2. The van der Waals surface area contributed by atoms with E-state index in [1.807, 2.05) is 18.7 Å². The van der Waals surface area contributed by atoms with Crippen LogP contribution in [0.15, 0.2) is 0 Å². The maximum atomic E-state index is 13.6. The number of urea groups is 1. The highest BCUT2D eigenvalue weighted by molar-refractivity contribution is 6.04. The van der Waals surface area contributed by atoms with Gasteiger partial charge in [-0.3, -0.25) is 19.3 Å². The van der Waals surface area contributed by atoms with E-state index in [2.05, 4.69) is 10.6 Å². The van der Waals surface area contributed by atoms with Crippen LogP contribution in [-0.4, -0.2) is 64.3 Å². The number of rotatable bonds is 5. The molecular formula is C22H32N4O4. The summed E-state index contributed by atoms with van der Waals surface area (Å²) in [6, 6.07) is -1.17. The summed E-state index contributed by atoms with van der Waals surface area (Å²) in [6.07, 6.45) is 6.79. The third kappa shape index (κ3) is 3.02. The third-order valence-corrected chi connectivity index (χ3v) is 7.73. The monoisotopic (exact) mass is 416 g/mol. The van der Waals surface area contributed by atoms with Gasteiger partial charge in [-0.2, -0.15) is 0 Å². The maximum Gasteiger partial charge on any atom is 0.315 e. The second-order valence-electron chi connectivity index (χ2n) is 10.2. The van der Waals surface area contributed by atoms with Gasteiger partial charge in [-0.05, 0) is 50.9 Å². The van der Waals surface area contributed by atoms with Crippen molar-refractivity contribution < 1.29 is 19.2 Å². The van der Waals surface area contributed by atoms with Crippen molar-refractivity contribution in [1.82, 2.24) is 20.4 Å². The Bertz CT molecular complexity index is 784. The van der Waals surface area contributed by atoms with E-state index in [-0.39, 0.29) is 53.7 Å². The Balaban J connectivity index is 1.37. The molecule has 2 heterocycles. The first-order valence-corrected chi connectivity index (χ1v) is 11.6. The van der Waals surface area contributed by atoms with Gasteiger partial charge >= 0.3 is 6.03 Å². The predicted molar refractivity (Wildman–Crippen MR) is 108 cm³/mol. The van der Waals surface area contributed by atoms with E-state index in [4.69, 9.17) is 0 Å². The molecule has 2 saturated heterocycles. The summed E-state index contributed by atoms with van der Waals surface area (Å²) < 4.78 is 0. The van der Waals surface area contributed by atoms with Crippen molar-refractivity contribution >= 4 is 23.8 Å². The van der Waals surface area contributed by atoms with E-state index in [9.17, 15) is 19.2 Å². The minimum atomic E-state index is -0.636. The molecule has 5 aliphatic rings. The average molecular weight is 417 g/mol. The lowest BCUT2D eigenvalue weighted by Gasteiger charge is -2.44. The molecule has 0 radical (unpaired) electrons. The fraction of sp³-hybridized carbons (Fsp3) is 0.818. The van der Waals surface area contributed by atoms with Crippen molar-refractivity contribution in [3.63, 3.8) is 0 Å². The van der Waals surface area contributed by atoms with E-state index in [1.165, 1.54) is 4.90 Å². The summed E-state index contributed by atoms with van der Waals surface area (Å²) in [6.45, 7) is 4.39. The van der Waals surface area contributed by atoms with Gasteiger partial charge in [0.1, 0.15) is 6.04 Å². The molecule has 8 nitrogen and oxygen atoms in total. The fourth-order valence-corrected chi connectivity index (χ4v) is 5.62. The molecule has 30 heavy (non-hydrogen) atoms. The summed E-state index contributed by atoms with van der Waals surface area (Å²) in [5, 5.41) is 5.76. The van der Waals surface area contributed by atoms with Crippen LogP contribution in [0.4, 0.5) is 4.79 Å². The topological polar surface area (TPSA) is 98.8 Å². The maximum absolute atomic E-state index is 13.6. The Labute approximate surface area is 177 Å². The van der Waals surface area contributed by atoms with E-state index in [0.29, 0.717) is 13.0 Å². The van der Waals surface area contributed by atoms with Crippen molar-refractivity contribution in [3.05, 3.63) is 0 Å². The summed E-state index contributed by atoms with van der Waals surface area (Å²) in [7, 11) is 0. The minimum absolute atomic E-state index is 0.00854. The number of nitrogens with zero attached hydrogens (tertiary/aromatic N) is 2. The fourth-order valence-electron chi connectivity index (χ4n) is 5.62. The Morgan fingerprint density at radius 1 is 1.07 bits per heavy atom. The lowest BCUT2D eigenvalue weighted by atomic mass is 9.64. The molecule has 3 atom stereocenters. The molecular weight excluding hydrogens is 384 g/mol. The molecule has 5 amide bonds. The van der Waals surface area contributed by atoms with Crippen LogP contribution < -0.4 is 10.6 Å². The second-order valence-corrected chi connectivity index (χ2v) is 10.2. The molecule has 0 bridgehead atoms. The van der Waals surface area contributed by atoms with Gasteiger partial charge in [0, 0.05) is 18.5 Å². The Kier molecular flexibility index (Phi) is 4.59. The van der Waals surface area contributed by atoms with Gasteiger partial charge in [-0.15, -0.1) is 0 Å². The highest BCUT2D eigenvalue weighted by atomic mass is 16.2. The zero-order chi connectivity index (χ0) is 21.2. The van der Waals surface area contributed by atoms with Gasteiger partial charge in [0.15, 0.2) is 0 Å². The molecule has 3 saturated carbocycles. The number of imide groups is 1. The predicted octanol–water partition coefficient (Wildman–Crippen LogP) is 1.39. The first-order valence-electron chi connectivity index (χ1n) is 11.6. The molecule has 0 unspecified atom stereocenters. The van der Waals surface area contributed by atoms with Crippen LogP contribution in [0.5, 0.6) is 0 Å². The molecule has 3 aliphatic carbocycles. The molecule has 2 N–H and O–H groups in total. The number of hydrogen-bond acceptors (Lipinski definition) is 4. The quantitative estimate of drug-likeness (QED) is 0.662. The number of fused-ring (bicyclic) bond motifs is 2. The van der Waals surface area contributed by atoms with Gasteiger partial charge in [-0.25, -0.2) is 4.79 Å². The van der Waals surface area contributed by atoms with Crippen LogP contribution in [0.2, 0.25) is 0 Å². The molecule has 8 heteroatoms. The van der Waals surface area contributed by atoms with E-state index in [0.717, 1.165) is 44.9 Å². The minimum Gasteiger partial charge on any atom is -0.335 e. The SMILES string of the molecule is CC(C)[C@H](NC(=O)NC1CC1)C(=O)N1CC[C@H]2[C@H]1C1(CCC1)C(=O)N2C(=O)C1CC1. The van der Waals surface area contributed by atoms with Crippen LogP contribution >= 0.6 is 0 Å². The zero-order valence-electron chi connectivity index (χ0n) is 17.9. The second kappa shape index (κ2) is 6.95. The van der Waals surface area contributed by atoms with Crippen LogP contribution in [0.25, 0.3) is 0 Å². The van der Waals surface area contributed by atoms with Gasteiger partial charge in [0.05, 0.1) is 17.5 Å². The molecule has 5 rings (SSSR count). The van der Waals surface area contributed by atoms with Crippen LogP contribution in [0.3, 0.4) is 0 Å². The molecule has 0 aromatic rings. The number of carbonyl (C=O) groups is 4. The summed E-state index contributed by atoms with van der Waals surface area (Å²) in [5.41, 5.74) is -0.598. The standard InChI is InChI=1S/C22H32N4O4/c1-12(2)16(24-21(30)23-14-6-7-14)19(28)25-11-8-15-17(25)22(9-3-10-22)20(29)26(15)18(27)13-4-5-13/h12-17H,3-11H2,1-2H3,(H2,23,24,30)/t15-,16-,17-/m0/s1. The van der Waals surface area contributed by atoms with Gasteiger partial charge in [0.2, 0.25) is 17.7 Å². The molecule has 0 aromatic heterocycles. The van der Waals surface area contributed by atoms with E-state index >= 15 is 0 Å². The first-order chi connectivity index (χ1) is 14.3. The van der Waals surface area contributed by atoms with E-state index in [1.54, 1.807) is 0 Å². The first kappa shape index (κ1) is 19.8. The summed E-state index contributed by atoms with van der Waals surface area (Å²) >= 11 is 0. The summed E-state index contributed by atoms with van der Waals surface area (Å²) in [5.74, 6) is -0.289. The lowest BCUT2D eigenvalue weighted by molar-refractivity contribution is -0.152. The highest BCUT2D eigenvalue weighted by Gasteiger charge is 2.68.